The van der Waals surface area contributed by atoms with Crippen molar-refractivity contribution < 1.29 is 42.7 Å². The van der Waals surface area contributed by atoms with Gasteiger partial charge in [-0.3, -0.25) is 0 Å². The quantitative estimate of drug-likeness (QED) is 0.514. The van der Waals surface area contributed by atoms with Crippen LogP contribution in [0.2, 0.25) is 0 Å². The molecule has 0 aliphatic carbocycles. The number of hydrogen-bond acceptors (Lipinski definition) is 9. The lowest BCUT2D eigenvalue weighted by atomic mass is 10.2. The Kier molecular flexibility index (Phi) is 8.90. The maximum Gasteiger partial charge on any atom is 0.261 e. The van der Waals surface area contributed by atoms with Gasteiger partial charge in [0.2, 0.25) is 0 Å². The largest absolute Gasteiger partial charge is 0.508 e. The first kappa shape index (κ1) is 25.2. The minimum Gasteiger partial charge on any atom is -0.508 e. The van der Waals surface area contributed by atoms with E-state index in [9.17, 15) is 8.42 Å². The minimum atomic E-state index is -3.90. The summed E-state index contributed by atoms with van der Waals surface area (Å²) in [4.78, 5) is -0.0664. The zero-order chi connectivity index (χ0) is 23.8. The van der Waals surface area contributed by atoms with Crippen LogP contribution in [-0.4, -0.2) is 49.5 Å². The molecule has 2 fully saturated rings. The molecule has 3 N–H and O–H groups in total. The molecule has 0 radical (unpaired) electrons. The number of halogens is 1. The highest BCUT2D eigenvalue weighted by molar-refractivity contribution is 8.13. The van der Waals surface area contributed by atoms with Gasteiger partial charge in [-0.15, -0.1) is 0 Å². The van der Waals surface area contributed by atoms with Crippen LogP contribution in [0.4, 0.5) is 0 Å². The molecule has 2 aliphatic heterocycles. The molecule has 0 aromatic heterocycles. The molecule has 0 bridgehead atoms. The van der Waals surface area contributed by atoms with Gasteiger partial charge in [-0.25, -0.2) is 8.42 Å². The Morgan fingerprint density at radius 2 is 1.15 bits per heavy atom. The van der Waals surface area contributed by atoms with Crippen molar-refractivity contribution >= 4 is 19.7 Å². The average Bonchev–Trinajstić information content (AvgIpc) is 2.74. The van der Waals surface area contributed by atoms with Crippen molar-refractivity contribution in [1.82, 2.24) is 0 Å². The SMILES string of the molecule is O=S(=O)(Cl)c1cc(OC2CCCCO2)cc(OC2CCCCO2)c1.Oc1cc(O)cc(O)c1. The van der Waals surface area contributed by atoms with E-state index in [0.717, 1.165) is 56.7 Å². The molecule has 2 aromatic carbocycles. The minimum absolute atomic E-state index is 0.0664. The summed E-state index contributed by atoms with van der Waals surface area (Å²) in [5.41, 5.74) is 0. The van der Waals surface area contributed by atoms with E-state index in [1.807, 2.05) is 0 Å². The molecule has 2 aliphatic rings. The molecule has 0 amide bonds. The summed E-state index contributed by atoms with van der Waals surface area (Å²) in [5.74, 6) is 0.274. The molecule has 4 rings (SSSR count). The van der Waals surface area contributed by atoms with Gasteiger partial charge in [0.1, 0.15) is 28.7 Å². The average molecular weight is 503 g/mol. The standard InChI is InChI=1S/C16H21ClO6S.C6H6O3/c17-24(18,19)14-10-12(22-15-5-1-3-7-20-15)9-13(11-14)23-16-6-2-4-8-21-16;7-4-1-5(8)3-6(9)2-4/h9-11,15-16H,1-8H2;1-3,7-9H. The predicted octanol–water partition coefficient (Wildman–Crippen LogP) is 4.23. The summed E-state index contributed by atoms with van der Waals surface area (Å²) in [6.07, 6.45) is 4.79. The first-order chi connectivity index (χ1) is 15.7. The molecular weight excluding hydrogens is 476 g/mol. The highest BCUT2D eigenvalue weighted by Gasteiger charge is 2.21. The summed E-state index contributed by atoms with van der Waals surface area (Å²) in [6, 6.07) is 7.82. The van der Waals surface area contributed by atoms with Gasteiger partial charge >= 0.3 is 0 Å². The molecule has 182 valence electrons. The number of hydrogen-bond donors (Lipinski definition) is 3. The molecule has 2 aromatic rings. The number of benzene rings is 2. The molecule has 2 atom stereocenters. The van der Waals surface area contributed by atoms with Crippen LogP contribution in [0.25, 0.3) is 0 Å². The van der Waals surface area contributed by atoms with Gasteiger partial charge in [-0.05, 0) is 25.7 Å². The van der Waals surface area contributed by atoms with E-state index < -0.39 is 9.05 Å². The van der Waals surface area contributed by atoms with Gasteiger partial charge in [0.25, 0.3) is 9.05 Å². The fraction of sp³-hybridized carbons (Fsp3) is 0.455. The smallest absolute Gasteiger partial charge is 0.261 e. The highest BCUT2D eigenvalue weighted by atomic mass is 35.7. The van der Waals surface area contributed by atoms with Gasteiger partial charge in [0.05, 0.1) is 18.1 Å². The highest BCUT2D eigenvalue weighted by Crippen LogP contribution is 2.31. The van der Waals surface area contributed by atoms with Gasteiger partial charge in [-0.2, -0.15) is 0 Å². The van der Waals surface area contributed by atoms with Crippen molar-refractivity contribution in [2.45, 2.75) is 56.0 Å². The van der Waals surface area contributed by atoms with Crippen molar-refractivity contribution in [1.29, 1.82) is 0 Å². The first-order valence-electron chi connectivity index (χ1n) is 10.6. The third-order valence-corrected chi connectivity index (χ3v) is 6.17. The van der Waals surface area contributed by atoms with E-state index in [0.29, 0.717) is 24.7 Å². The van der Waals surface area contributed by atoms with Crippen LogP contribution >= 0.6 is 10.7 Å². The summed E-state index contributed by atoms with van der Waals surface area (Å²) < 4.78 is 46.0. The third kappa shape index (κ3) is 8.47. The number of phenols is 3. The van der Waals surface area contributed by atoms with Crippen molar-refractivity contribution in [3.63, 3.8) is 0 Å². The van der Waals surface area contributed by atoms with E-state index >= 15 is 0 Å². The Morgan fingerprint density at radius 1 is 0.727 bits per heavy atom. The number of phenolic OH excluding ortho intramolecular Hbond substituents is 3. The maximum absolute atomic E-state index is 11.7. The lowest BCUT2D eigenvalue weighted by Gasteiger charge is -2.25. The van der Waals surface area contributed by atoms with E-state index in [1.54, 1.807) is 6.07 Å². The second-order valence-electron chi connectivity index (χ2n) is 7.61. The van der Waals surface area contributed by atoms with Crippen molar-refractivity contribution in [3.8, 4) is 28.7 Å². The topological polar surface area (TPSA) is 132 Å². The number of ether oxygens (including phenoxy) is 4. The first-order valence-corrected chi connectivity index (χ1v) is 12.9. The second kappa shape index (κ2) is 11.6. The molecule has 2 saturated heterocycles. The fourth-order valence-corrected chi connectivity index (χ4v) is 4.09. The van der Waals surface area contributed by atoms with Gasteiger partial charge in [-0.1, -0.05) is 0 Å². The molecule has 2 unspecified atom stereocenters. The zero-order valence-corrected chi connectivity index (χ0v) is 19.4. The van der Waals surface area contributed by atoms with E-state index in [1.165, 1.54) is 12.1 Å². The molecular formula is C22H27ClO9S. The van der Waals surface area contributed by atoms with Crippen molar-refractivity contribution in [3.05, 3.63) is 36.4 Å². The molecule has 11 heteroatoms. The Balaban J connectivity index is 0.000000286. The fourth-order valence-electron chi connectivity index (χ4n) is 3.31. The van der Waals surface area contributed by atoms with Crippen LogP contribution < -0.4 is 9.47 Å². The maximum atomic E-state index is 11.7. The third-order valence-electron chi connectivity index (χ3n) is 4.83. The van der Waals surface area contributed by atoms with Gasteiger partial charge < -0.3 is 34.3 Å². The molecule has 0 spiro atoms. The van der Waals surface area contributed by atoms with Crippen LogP contribution in [-0.2, 0) is 18.5 Å². The molecule has 2 heterocycles. The predicted molar refractivity (Wildman–Crippen MR) is 119 cm³/mol. The van der Waals surface area contributed by atoms with Crippen LogP contribution in [0.3, 0.4) is 0 Å². The van der Waals surface area contributed by atoms with Crippen molar-refractivity contribution in [2.24, 2.45) is 0 Å². The summed E-state index contributed by atoms with van der Waals surface area (Å²) in [5, 5.41) is 26.0. The normalized spacial score (nSPS) is 20.9. The van der Waals surface area contributed by atoms with Crippen LogP contribution in [0.1, 0.15) is 38.5 Å². The van der Waals surface area contributed by atoms with Crippen molar-refractivity contribution in [2.75, 3.05) is 13.2 Å². The monoisotopic (exact) mass is 502 g/mol. The van der Waals surface area contributed by atoms with E-state index in [2.05, 4.69) is 0 Å². The zero-order valence-electron chi connectivity index (χ0n) is 17.9. The Morgan fingerprint density at radius 3 is 1.48 bits per heavy atom. The van der Waals surface area contributed by atoms with Crippen LogP contribution in [0, 0.1) is 0 Å². The Hall–Kier alpha value is -2.40. The molecule has 9 nitrogen and oxygen atoms in total. The lowest BCUT2D eigenvalue weighted by molar-refractivity contribution is -0.109. The number of rotatable bonds is 5. The van der Waals surface area contributed by atoms with Crippen LogP contribution in [0.15, 0.2) is 41.3 Å². The van der Waals surface area contributed by atoms with E-state index in [-0.39, 0.29) is 34.7 Å². The molecule has 33 heavy (non-hydrogen) atoms. The number of aromatic hydroxyl groups is 3. The van der Waals surface area contributed by atoms with Crippen LogP contribution in [0.5, 0.6) is 28.7 Å². The summed E-state index contributed by atoms with van der Waals surface area (Å²) in [7, 11) is 1.59. The summed E-state index contributed by atoms with van der Waals surface area (Å²) >= 11 is 0. The summed E-state index contributed by atoms with van der Waals surface area (Å²) in [6.45, 7) is 1.27. The molecule has 0 saturated carbocycles. The lowest BCUT2D eigenvalue weighted by Crippen LogP contribution is -2.26. The van der Waals surface area contributed by atoms with Gasteiger partial charge in [0.15, 0.2) is 12.6 Å². The Bertz CT molecular complexity index is 928. The Labute approximate surface area is 196 Å². The second-order valence-corrected chi connectivity index (χ2v) is 10.2. The van der Waals surface area contributed by atoms with Gasteiger partial charge in [0, 0.05) is 59.9 Å². The van der Waals surface area contributed by atoms with E-state index in [4.69, 9.17) is 44.9 Å².